The number of hydrogen-bond donors (Lipinski definition) is 0. The smallest absolute Gasteiger partial charge is 0.346 e. The number of benzene rings is 1. The van der Waals surface area contributed by atoms with E-state index in [2.05, 4.69) is 5.10 Å². The van der Waals surface area contributed by atoms with E-state index in [1.165, 1.54) is 4.68 Å². The van der Waals surface area contributed by atoms with E-state index in [4.69, 9.17) is 14.2 Å². The highest BCUT2D eigenvalue weighted by molar-refractivity contribution is 5.78. The molecule has 0 bridgehead atoms. The fourth-order valence-electron chi connectivity index (χ4n) is 4.10. The summed E-state index contributed by atoms with van der Waals surface area (Å²) in [5.74, 6) is 1.91. The summed E-state index contributed by atoms with van der Waals surface area (Å²) in [4.78, 5) is 27.5. The minimum Gasteiger partial charge on any atom is -0.493 e. The van der Waals surface area contributed by atoms with Crippen molar-refractivity contribution in [1.29, 1.82) is 0 Å². The number of para-hydroxylation sites is 2. The minimum absolute atomic E-state index is 0.0426. The molecule has 1 unspecified atom stereocenters. The minimum atomic E-state index is -0.0743. The predicted octanol–water partition coefficient (Wildman–Crippen LogP) is 1.82. The monoisotopic (exact) mass is 430 g/mol. The molecule has 9 heteroatoms. The third-order valence-corrected chi connectivity index (χ3v) is 5.88. The molecule has 2 aliphatic rings. The molecule has 1 amide bonds. The standard InChI is InChI=1S/C22H30N4O5/c1-29-13-12-25-22(28)26(17-9-10-17)21(23-25)16-6-5-11-24(14-16)20(27)15-31-19-8-4-3-7-18(19)30-2/h3-4,7-8,16-17H,5-6,9-15H2,1-2H3. The molecule has 0 spiro atoms. The zero-order chi connectivity index (χ0) is 21.8. The second-order valence-electron chi connectivity index (χ2n) is 8.08. The van der Waals surface area contributed by atoms with Crippen molar-refractivity contribution in [3.63, 3.8) is 0 Å². The van der Waals surface area contributed by atoms with Crippen LogP contribution in [0.25, 0.3) is 0 Å². The Bertz CT molecular complexity index is 965. The Morgan fingerprint density at radius 1 is 1.16 bits per heavy atom. The Morgan fingerprint density at radius 2 is 1.94 bits per heavy atom. The first-order chi connectivity index (χ1) is 15.1. The van der Waals surface area contributed by atoms with Gasteiger partial charge in [-0.1, -0.05) is 12.1 Å². The number of aromatic nitrogens is 3. The van der Waals surface area contributed by atoms with Gasteiger partial charge in [0.15, 0.2) is 18.1 Å². The van der Waals surface area contributed by atoms with E-state index in [0.29, 0.717) is 37.7 Å². The summed E-state index contributed by atoms with van der Waals surface area (Å²) >= 11 is 0. The molecule has 2 fully saturated rings. The van der Waals surface area contributed by atoms with Gasteiger partial charge in [0.05, 0.1) is 20.3 Å². The van der Waals surface area contributed by atoms with Crippen molar-refractivity contribution in [2.75, 3.05) is 40.5 Å². The van der Waals surface area contributed by atoms with Gasteiger partial charge in [-0.3, -0.25) is 9.36 Å². The Hall–Kier alpha value is -2.81. The van der Waals surface area contributed by atoms with Crippen molar-refractivity contribution in [2.24, 2.45) is 0 Å². The van der Waals surface area contributed by atoms with E-state index in [-0.39, 0.29) is 30.2 Å². The van der Waals surface area contributed by atoms with Crippen LogP contribution in [0.1, 0.15) is 43.5 Å². The Morgan fingerprint density at radius 3 is 2.65 bits per heavy atom. The van der Waals surface area contributed by atoms with E-state index in [1.807, 2.05) is 21.6 Å². The van der Waals surface area contributed by atoms with Gasteiger partial charge in [-0.2, -0.15) is 5.10 Å². The van der Waals surface area contributed by atoms with Crippen LogP contribution in [0.4, 0.5) is 0 Å². The molecule has 2 aromatic rings. The highest BCUT2D eigenvalue weighted by Gasteiger charge is 2.35. The van der Waals surface area contributed by atoms with Crippen LogP contribution < -0.4 is 15.2 Å². The molecule has 1 saturated heterocycles. The maximum atomic E-state index is 12.9. The number of rotatable bonds is 9. The molecule has 0 N–H and O–H groups in total. The van der Waals surface area contributed by atoms with E-state index in [9.17, 15) is 9.59 Å². The topological polar surface area (TPSA) is 87.8 Å². The largest absolute Gasteiger partial charge is 0.493 e. The van der Waals surface area contributed by atoms with E-state index in [0.717, 1.165) is 31.5 Å². The van der Waals surface area contributed by atoms with Crippen LogP contribution in [-0.2, 0) is 16.1 Å². The zero-order valence-electron chi connectivity index (χ0n) is 18.2. The Kier molecular flexibility index (Phi) is 6.60. The second kappa shape index (κ2) is 9.55. The Balaban J connectivity index is 1.45. The molecular formula is C22H30N4O5. The number of amides is 1. The van der Waals surface area contributed by atoms with Crippen molar-refractivity contribution >= 4 is 5.91 Å². The summed E-state index contributed by atoms with van der Waals surface area (Å²) in [6.45, 7) is 2.05. The number of carbonyl (C=O) groups excluding carboxylic acids is 1. The molecule has 0 radical (unpaired) electrons. The molecule has 1 saturated carbocycles. The fraction of sp³-hybridized carbons (Fsp3) is 0.591. The molecule has 1 aliphatic heterocycles. The van der Waals surface area contributed by atoms with Crippen molar-refractivity contribution in [1.82, 2.24) is 19.2 Å². The first-order valence-electron chi connectivity index (χ1n) is 10.8. The lowest BCUT2D eigenvalue weighted by atomic mass is 9.97. The number of carbonyl (C=O) groups is 1. The molecule has 1 aromatic carbocycles. The molecular weight excluding hydrogens is 400 g/mol. The van der Waals surface area contributed by atoms with Crippen molar-refractivity contribution in [3.8, 4) is 11.5 Å². The van der Waals surface area contributed by atoms with Crippen LogP contribution >= 0.6 is 0 Å². The third kappa shape index (κ3) is 4.76. The maximum absolute atomic E-state index is 12.9. The van der Waals surface area contributed by atoms with E-state index in [1.54, 1.807) is 26.4 Å². The van der Waals surface area contributed by atoms with Gasteiger partial charge in [0.1, 0.15) is 5.82 Å². The van der Waals surface area contributed by atoms with Crippen molar-refractivity contribution in [3.05, 3.63) is 40.6 Å². The number of methoxy groups -OCH3 is 2. The molecule has 31 heavy (non-hydrogen) atoms. The zero-order valence-corrected chi connectivity index (χ0v) is 18.2. The number of ether oxygens (including phenoxy) is 3. The summed E-state index contributed by atoms with van der Waals surface area (Å²) in [5.41, 5.74) is -0.0718. The quantitative estimate of drug-likeness (QED) is 0.603. The van der Waals surface area contributed by atoms with Gasteiger partial charge < -0.3 is 19.1 Å². The first-order valence-corrected chi connectivity index (χ1v) is 10.8. The number of likely N-dealkylation sites (tertiary alicyclic amines) is 1. The molecule has 1 aliphatic carbocycles. The molecule has 9 nitrogen and oxygen atoms in total. The van der Waals surface area contributed by atoms with Crippen LogP contribution in [0.3, 0.4) is 0 Å². The van der Waals surface area contributed by atoms with Crippen molar-refractivity contribution < 1.29 is 19.0 Å². The van der Waals surface area contributed by atoms with Gasteiger partial charge in [-0.15, -0.1) is 0 Å². The second-order valence-corrected chi connectivity index (χ2v) is 8.08. The van der Waals surface area contributed by atoms with Crippen molar-refractivity contribution in [2.45, 2.75) is 44.2 Å². The van der Waals surface area contributed by atoms with Crippen LogP contribution in [0.5, 0.6) is 11.5 Å². The lowest BCUT2D eigenvalue weighted by Gasteiger charge is -2.32. The van der Waals surface area contributed by atoms with Crippen LogP contribution in [0, 0.1) is 0 Å². The fourth-order valence-corrected chi connectivity index (χ4v) is 4.10. The molecule has 2 heterocycles. The average Bonchev–Trinajstić information content (AvgIpc) is 3.59. The van der Waals surface area contributed by atoms with Gasteiger partial charge in [-0.05, 0) is 37.8 Å². The summed E-state index contributed by atoms with van der Waals surface area (Å²) in [6, 6.07) is 7.52. The van der Waals surface area contributed by atoms with Gasteiger partial charge in [0.25, 0.3) is 5.91 Å². The van der Waals surface area contributed by atoms with Crippen LogP contribution in [-0.4, -0.2) is 65.7 Å². The normalized spacial score (nSPS) is 18.8. The molecule has 1 atom stereocenters. The number of piperidine rings is 1. The predicted molar refractivity (Wildman–Crippen MR) is 114 cm³/mol. The number of hydrogen-bond acceptors (Lipinski definition) is 6. The van der Waals surface area contributed by atoms with Gasteiger partial charge >= 0.3 is 5.69 Å². The Labute approximate surface area is 181 Å². The maximum Gasteiger partial charge on any atom is 0.346 e. The summed E-state index contributed by atoms with van der Waals surface area (Å²) in [7, 11) is 3.19. The third-order valence-electron chi connectivity index (χ3n) is 5.88. The van der Waals surface area contributed by atoms with E-state index >= 15 is 0 Å². The van der Waals surface area contributed by atoms with Crippen LogP contribution in [0.15, 0.2) is 29.1 Å². The van der Waals surface area contributed by atoms with Crippen LogP contribution in [0.2, 0.25) is 0 Å². The summed E-state index contributed by atoms with van der Waals surface area (Å²) in [6.07, 6.45) is 3.79. The van der Waals surface area contributed by atoms with Gasteiger partial charge in [0, 0.05) is 32.2 Å². The van der Waals surface area contributed by atoms with Gasteiger partial charge in [-0.25, -0.2) is 9.48 Å². The summed E-state index contributed by atoms with van der Waals surface area (Å²) in [5, 5.41) is 4.64. The first kappa shape index (κ1) is 21.4. The highest BCUT2D eigenvalue weighted by atomic mass is 16.5. The lowest BCUT2D eigenvalue weighted by molar-refractivity contribution is -0.134. The summed E-state index contributed by atoms with van der Waals surface area (Å²) < 4.78 is 19.5. The lowest BCUT2D eigenvalue weighted by Crippen LogP contribution is -2.42. The molecule has 4 rings (SSSR count). The average molecular weight is 431 g/mol. The SMILES string of the molecule is COCCn1nc(C2CCCN(C(=O)COc3ccccc3OC)C2)n(C2CC2)c1=O. The molecule has 1 aromatic heterocycles. The molecule has 168 valence electrons. The number of nitrogens with zero attached hydrogens (tertiary/aromatic N) is 4. The van der Waals surface area contributed by atoms with E-state index < -0.39 is 0 Å². The van der Waals surface area contributed by atoms with Gasteiger partial charge in [0.2, 0.25) is 0 Å². The highest BCUT2D eigenvalue weighted by Crippen LogP contribution is 2.37.